The first-order valence-corrected chi connectivity index (χ1v) is 6.35. The molecular weight excluding hydrogens is 218 g/mol. The van der Waals surface area contributed by atoms with Gasteiger partial charge >= 0.3 is 0 Å². The van der Waals surface area contributed by atoms with Crippen molar-refractivity contribution in [1.29, 1.82) is 0 Å². The predicted molar refractivity (Wildman–Crippen MR) is 69.7 cm³/mol. The topological polar surface area (TPSA) is 61.0 Å². The molecule has 5 nitrogen and oxygen atoms in total. The molecule has 0 aromatic carbocycles. The number of hydrogen-bond acceptors (Lipinski definition) is 4. The van der Waals surface area contributed by atoms with Gasteiger partial charge in [0, 0.05) is 26.2 Å². The van der Waals surface area contributed by atoms with E-state index in [1.807, 2.05) is 23.9 Å². The van der Waals surface area contributed by atoms with Gasteiger partial charge in [-0.05, 0) is 40.8 Å². The van der Waals surface area contributed by atoms with E-state index >= 15 is 0 Å². The van der Waals surface area contributed by atoms with Gasteiger partial charge in [0.05, 0.1) is 0 Å². The van der Waals surface area contributed by atoms with Gasteiger partial charge in [-0.2, -0.15) is 0 Å². The largest absolute Gasteiger partial charge is 0.379 e. The Morgan fingerprint density at radius 2 is 1.24 bits per heavy atom. The third kappa shape index (κ3) is 9.50. The van der Waals surface area contributed by atoms with Crippen LogP contribution in [0.5, 0.6) is 0 Å². The van der Waals surface area contributed by atoms with Gasteiger partial charge in [0.15, 0.2) is 0 Å². The zero-order valence-electron chi connectivity index (χ0n) is 11.6. The molecule has 0 aliphatic rings. The van der Waals surface area contributed by atoms with Gasteiger partial charge in [0.1, 0.15) is 12.5 Å². The van der Waals surface area contributed by atoms with Gasteiger partial charge in [0.25, 0.3) is 0 Å². The van der Waals surface area contributed by atoms with Gasteiger partial charge < -0.3 is 10.2 Å². The second kappa shape index (κ2) is 9.79. The second-order valence-electron chi connectivity index (χ2n) is 4.60. The summed E-state index contributed by atoms with van der Waals surface area (Å²) in [5.74, 6) is 0. The van der Waals surface area contributed by atoms with Crippen LogP contribution in [-0.2, 0) is 0 Å². The Bertz CT molecular complexity index is 159. The van der Waals surface area contributed by atoms with E-state index in [1.54, 1.807) is 13.8 Å². The Hall–Kier alpha value is -0.200. The molecule has 2 N–H and O–H groups in total. The normalized spacial score (nSPS) is 15.5. The minimum atomic E-state index is -0.380. The van der Waals surface area contributed by atoms with Gasteiger partial charge in [-0.25, -0.2) is 5.32 Å². The summed E-state index contributed by atoms with van der Waals surface area (Å²) in [5.41, 5.74) is 0. The van der Waals surface area contributed by atoms with Crippen molar-refractivity contribution in [2.45, 2.75) is 39.1 Å². The highest BCUT2D eigenvalue weighted by atomic mass is 16.3. The van der Waals surface area contributed by atoms with E-state index in [2.05, 4.69) is 5.32 Å². The van der Waals surface area contributed by atoms with E-state index in [4.69, 9.17) is 0 Å². The fourth-order valence-electron chi connectivity index (χ4n) is 1.35. The van der Waals surface area contributed by atoms with Gasteiger partial charge in [-0.15, -0.1) is 0 Å². The minimum absolute atomic E-state index is 0.380. The molecule has 0 rings (SSSR count). The molecule has 103 valence electrons. The summed E-state index contributed by atoms with van der Waals surface area (Å²) in [5, 5.41) is 22.9. The van der Waals surface area contributed by atoms with Crippen molar-refractivity contribution in [3.8, 4) is 0 Å². The third-order valence-electron chi connectivity index (χ3n) is 2.93. The average Bonchev–Trinajstić information content (AvgIpc) is 2.26. The van der Waals surface area contributed by atoms with Crippen LogP contribution in [0.25, 0.3) is 0 Å². The molecule has 0 saturated carbocycles. The standard InChI is InChI=1S/C12H28N3O2/c1-11(16)14(3)9-5-7-13-8-6-10-15(4)12(2)17/h11-12,16-17H,5-10H2,1-4H3. The summed E-state index contributed by atoms with van der Waals surface area (Å²) in [4.78, 5) is 3.80. The Balaban J connectivity index is 3.24. The van der Waals surface area contributed by atoms with Crippen LogP contribution in [0.3, 0.4) is 0 Å². The monoisotopic (exact) mass is 246 g/mol. The third-order valence-corrected chi connectivity index (χ3v) is 2.93. The van der Waals surface area contributed by atoms with Crippen molar-refractivity contribution in [2.24, 2.45) is 0 Å². The molecule has 0 heterocycles. The van der Waals surface area contributed by atoms with E-state index in [-0.39, 0.29) is 12.5 Å². The van der Waals surface area contributed by atoms with E-state index in [9.17, 15) is 10.2 Å². The summed E-state index contributed by atoms with van der Waals surface area (Å²) in [6.07, 6.45) is 1.20. The van der Waals surface area contributed by atoms with Crippen LogP contribution in [0.4, 0.5) is 0 Å². The van der Waals surface area contributed by atoms with Crippen LogP contribution in [-0.4, -0.2) is 72.7 Å². The maximum atomic E-state index is 9.24. The fourth-order valence-corrected chi connectivity index (χ4v) is 1.35. The molecule has 0 aromatic heterocycles. The van der Waals surface area contributed by atoms with Crippen molar-refractivity contribution in [1.82, 2.24) is 15.1 Å². The molecular formula is C12H28N3O2. The number of aliphatic hydroxyl groups is 2. The summed E-state index contributed by atoms with van der Waals surface area (Å²) in [6, 6.07) is 0. The first kappa shape index (κ1) is 16.8. The lowest BCUT2D eigenvalue weighted by Crippen LogP contribution is -2.31. The zero-order valence-corrected chi connectivity index (χ0v) is 11.6. The fraction of sp³-hybridized carbons (Fsp3) is 1.00. The van der Waals surface area contributed by atoms with Gasteiger partial charge in [0.2, 0.25) is 0 Å². The molecule has 1 radical (unpaired) electrons. The molecule has 0 bridgehead atoms. The number of aliphatic hydroxyl groups excluding tert-OH is 2. The van der Waals surface area contributed by atoms with Crippen molar-refractivity contribution in [2.75, 3.05) is 40.3 Å². The maximum Gasteiger partial charge on any atom is 0.104 e. The second-order valence-corrected chi connectivity index (χ2v) is 4.60. The van der Waals surface area contributed by atoms with Crippen molar-refractivity contribution in [3.63, 3.8) is 0 Å². The van der Waals surface area contributed by atoms with Gasteiger partial charge in [-0.1, -0.05) is 0 Å². The lowest BCUT2D eigenvalue weighted by molar-refractivity contribution is 0.0368. The minimum Gasteiger partial charge on any atom is -0.379 e. The van der Waals surface area contributed by atoms with Crippen molar-refractivity contribution < 1.29 is 10.2 Å². The molecule has 0 saturated heterocycles. The van der Waals surface area contributed by atoms with E-state index in [0.717, 1.165) is 39.0 Å². The van der Waals surface area contributed by atoms with Crippen LogP contribution in [0.1, 0.15) is 26.7 Å². The Labute approximate surface area is 105 Å². The highest BCUT2D eigenvalue weighted by molar-refractivity contribution is 4.56. The summed E-state index contributed by atoms with van der Waals surface area (Å²) < 4.78 is 0. The van der Waals surface area contributed by atoms with E-state index in [1.165, 1.54) is 0 Å². The summed E-state index contributed by atoms with van der Waals surface area (Å²) in [7, 11) is 3.81. The quantitative estimate of drug-likeness (QED) is 0.418. The van der Waals surface area contributed by atoms with Crippen LogP contribution in [0.2, 0.25) is 0 Å². The molecule has 0 fully saturated rings. The molecule has 17 heavy (non-hydrogen) atoms. The van der Waals surface area contributed by atoms with Crippen molar-refractivity contribution >= 4 is 0 Å². The van der Waals surface area contributed by atoms with Crippen LogP contribution >= 0.6 is 0 Å². The molecule has 0 amide bonds. The lowest BCUT2D eigenvalue weighted by atomic mass is 10.3. The summed E-state index contributed by atoms with van der Waals surface area (Å²) >= 11 is 0. The highest BCUT2D eigenvalue weighted by Gasteiger charge is 2.04. The molecule has 2 unspecified atom stereocenters. The Morgan fingerprint density at radius 3 is 1.53 bits per heavy atom. The molecule has 5 heteroatoms. The first-order valence-electron chi connectivity index (χ1n) is 6.35. The van der Waals surface area contributed by atoms with E-state index in [0.29, 0.717) is 0 Å². The maximum absolute atomic E-state index is 9.24. The Morgan fingerprint density at radius 1 is 0.882 bits per heavy atom. The molecule has 0 aromatic rings. The van der Waals surface area contributed by atoms with Crippen LogP contribution in [0, 0.1) is 0 Å². The zero-order chi connectivity index (χ0) is 13.3. The SMILES string of the molecule is CC(O)N(C)CCC[N]CCCN(C)C(C)O. The number of hydrogen-bond donors (Lipinski definition) is 2. The van der Waals surface area contributed by atoms with Gasteiger partial charge in [-0.3, -0.25) is 9.80 Å². The van der Waals surface area contributed by atoms with Crippen LogP contribution < -0.4 is 5.32 Å². The number of rotatable bonds is 10. The summed E-state index contributed by atoms with van der Waals surface area (Å²) in [6.45, 7) is 6.96. The van der Waals surface area contributed by atoms with Crippen LogP contribution in [0.15, 0.2) is 0 Å². The highest BCUT2D eigenvalue weighted by Crippen LogP contribution is 1.94. The predicted octanol–water partition coefficient (Wildman–Crippen LogP) is -0.0888. The molecule has 0 aliphatic heterocycles. The number of nitrogens with zero attached hydrogens (tertiary/aromatic N) is 3. The van der Waals surface area contributed by atoms with E-state index < -0.39 is 0 Å². The van der Waals surface area contributed by atoms with Crippen molar-refractivity contribution in [3.05, 3.63) is 0 Å². The molecule has 2 atom stereocenters. The first-order chi connectivity index (χ1) is 7.95. The molecule has 0 aliphatic carbocycles. The average molecular weight is 246 g/mol. The smallest absolute Gasteiger partial charge is 0.104 e. The molecule has 0 spiro atoms. The Kier molecular flexibility index (Phi) is 9.68. The lowest BCUT2D eigenvalue weighted by Gasteiger charge is -2.20.